The maximum atomic E-state index is 12.5. The molecule has 2 aromatic carbocycles. The molecule has 0 atom stereocenters. The fourth-order valence-corrected chi connectivity index (χ4v) is 3.47. The molecule has 1 N–H and O–H groups in total. The molecule has 0 saturated carbocycles. The summed E-state index contributed by atoms with van der Waals surface area (Å²) < 4.78 is 15.8. The first-order valence-electron chi connectivity index (χ1n) is 9.31. The molecule has 152 valence electrons. The zero-order chi connectivity index (χ0) is 21.2. The molecule has 31 heavy (non-hydrogen) atoms. The van der Waals surface area contributed by atoms with E-state index < -0.39 is 0 Å². The van der Waals surface area contributed by atoms with Crippen LogP contribution < -0.4 is 10.1 Å². The number of hydrogen-bond donors (Lipinski definition) is 1. The van der Waals surface area contributed by atoms with E-state index in [0.717, 1.165) is 17.2 Å². The number of amides is 1. The molecule has 0 saturated heterocycles. The standard InChI is InChI=1S/C21H15N7O2S/c1-13-23-19(28-10-2-9-22-28)12-20(24-13)30-16-6-4-15(5-7-16)25-21(29)14-3-8-17-18(11-14)27-31-26-17/h2-12H,1H3,(H,25,29). The van der Waals surface area contributed by atoms with E-state index in [-0.39, 0.29) is 5.91 Å². The van der Waals surface area contributed by atoms with Gasteiger partial charge in [0.25, 0.3) is 5.91 Å². The van der Waals surface area contributed by atoms with Crippen molar-refractivity contribution in [1.82, 2.24) is 28.5 Å². The van der Waals surface area contributed by atoms with Crippen LogP contribution in [-0.4, -0.2) is 34.4 Å². The fraction of sp³-hybridized carbons (Fsp3) is 0.0476. The zero-order valence-electron chi connectivity index (χ0n) is 16.3. The van der Waals surface area contributed by atoms with Gasteiger partial charge in [-0.25, -0.2) is 9.67 Å². The van der Waals surface area contributed by atoms with Crippen molar-refractivity contribution in [3.63, 3.8) is 0 Å². The van der Waals surface area contributed by atoms with Gasteiger partial charge in [0, 0.05) is 29.7 Å². The van der Waals surface area contributed by atoms with E-state index in [0.29, 0.717) is 40.0 Å². The number of nitrogens with one attached hydrogen (secondary N) is 1. The van der Waals surface area contributed by atoms with Crippen molar-refractivity contribution in [2.45, 2.75) is 6.92 Å². The van der Waals surface area contributed by atoms with E-state index in [9.17, 15) is 4.79 Å². The number of nitrogens with zero attached hydrogens (tertiary/aromatic N) is 6. The van der Waals surface area contributed by atoms with Crippen molar-refractivity contribution in [3.05, 3.63) is 78.4 Å². The normalized spacial score (nSPS) is 10.9. The molecule has 5 aromatic rings. The Hall–Kier alpha value is -4.18. The summed E-state index contributed by atoms with van der Waals surface area (Å²) >= 11 is 1.12. The van der Waals surface area contributed by atoms with Crippen LogP contribution in [0.15, 0.2) is 67.0 Å². The van der Waals surface area contributed by atoms with Crippen LogP contribution in [0.25, 0.3) is 16.9 Å². The third kappa shape index (κ3) is 4.09. The number of anilines is 1. The average molecular weight is 429 g/mol. The number of hydrogen-bond acceptors (Lipinski definition) is 8. The summed E-state index contributed by atoms with van der Waals surface area (Å²) in [5.41, 5.74) is 2.64. The van der Waals surface area contributed by atoms with Crippen molar-refractivity contribution in [2.24, 2.45) is 0 Å². The smallest absolute Gasteiger partial charge is 0.255 e. The minimum atomic E-state index is -0.223. The third-order valence-electron chi connectivity index (χ3n) is 4.39. The Kier molecular flexibility index (Phi) is 4.81. The number of aromatic nitrogens is 6. The van der Waals surface area contributed by atoms with Gasteiger partial charge in [-0.15, -0.1) is 0 Å². The van der Waals surface area contributed by atoms with Crippen LogP contribution in [0.5, 0.6) is 11.6 Å². The zero-order valence-corrected chi connectivity index (χ0v) is 17.1. The molecular formula is C21H15N7O2S. The van der Waals surface area contributed by atoms with Crippen LogP contribution in [0, 0.1) is 6.92 Å². The van der Waals surface area contributed by atoms with Gasteiger partial charge in [0.05, 0.1) is 11.7 Å². The first kappa shape index (κ1) is 18.8. The maximum absolute atomic E-state index is 12.5. The molecule has 0 bridgehead atoms. The second kappa shape index (κ2) is 7.92. The van der Waals surface area contributed by atoms with Crippen molar-refractivity contribution < 1.29 is 9.53 Å². The lowest BCUT2D eigenvalue weighted by atomic mass is 10.2. The number of carbonyl (C=O) groups is 1. The Bertz CT molecular complexity index is 1360. The van der Waals surface area contributed by atoms with Crippen LogP contribution in [0.3, 0.4) is 0 Å². The summed E-state index contributed by atoms with van der Waals surface area (Å²) in [5, 5.41) is 7.04. The summed E-state index contributed by atoms with van der Waals surface area (Å²) in [6.07, 6.45) is 3.47. The van der Waals surface area contributed by atoms with E-state index in [1.54, 1.807) is 72.5 Å². The molecule has 0 aliphatic rings. The number of rotatable bonds is 5. The molecule has 3 aromatic heterocycles. The highest BCUT2D eigenvalue weighted by molar-refractivity contribution is 7.00. The van der Waals surface area contributed by atoms with E-state index in [1.165, 1.54) is 0 Å². The summed E-state index contributed by atoms with van der Waals surface area (Å²) in [4.78, 5) is 21.2. The second-order valence-corrected chi connectivity index (χ2v) is 7.14. The topological polar surface area (TPSA) is 108 Å². The molecule has 0 aliphatic carbocycles. The van der Waals surface area contributed by atoms with E-state index in [4.69, 9.17) is 4.74 Å². The van der Waals surface area contributed by atoms with Gasteiger partial charge in [-0.05, 0) is 55.5 Å². The monoisotopic (exact) mass is 429 g/mol. The number of fused-ring (bicyclic) bond motifs is 1. The highest BCUT2D eigenvalue weighted by atomic mass is 32.1. The highest BCUT2D eigenvalue weighted by Gasteiger charge is 2.10. The molecule has 1 amide bonds. The van der Waals surface area contributed by atoms with Gasteiger partial charge >= 0.3 is 0 Å². The first-order chi connectivity index (χ1) is 15.1. The minimum Gasteiger partial charge on any atom is -0.439 e. The Morgan fingerprint density at radius 2 is 1.87 bits per heavy atom. The maximum Gasteiger partial charge on any atom is 0.255 e. The summed E-state index contributed by atoms with van der Waals surface area (Å²) in [6, 6.07) is 15.8. The summed E-state index contributed by atoms with van der Waals surface area (Å²) in [7, 11) is 0. The molecule has 0 radical (unpaired) electrons. The van der Waals surface area contributed by atoms with Crippen molar-refractivity contribution in [2.75, 3.05) is 5.32 Å². The number of aryl methyl sites for hydroxylation is 1. The molecule has 5 rings (SSSR count). The SMILES string of the molecule is Cc1nc(Oc2ccc(NC(=O)c3ccc4nsnc4c3)cc2)cc(-n2cccn2)n1. The van der Waals surface area contributed by atoms with E-state index in [1.807, 2.05) is 6.07 Å². The molecule has 9 nitrogen and oxygen atoms in total. The molecule has 0 spiro atoms. The fourth-order valence-electron chi connectivity index (χ4n) is 2.95. The van der Waals surface area contributed by atoms with E-state index >= 15 is 0 Å². The number of benzene rings is 2. The van der Waals surface area contributed by atoms with Crippen molar-refractivity contribution in [1.29, 1.82) is 0 Å². The Morgan fingerprint density at radius 3 is 2.68 bits per heavy atom. The lowest BCUT2D eigenvalue weighted by Gasteiger charge is -2.09. The molecule has 0 fully saturated rings. The van der Waals surface area contributed by atoms with E-state index in [2.05, 4.69) is 29.1 Å². The largest absolute Gasteiger partial charge is 0.439 e. The number of ether oxygens (including phenoxy) is 1. The van der Waals surface area contributed by atoms with Crippen molar-refractivity contribution >= 4 is 34.4 Å². The van der Waals surface area contributed by atoms with Crippen LogP contribution >= 0.6 is 11.7 Å². The minimum absolute atomic E-state index is 0.223. The van der Waals surface area contributed by atoms with Gasteiger partial charge in [-0.1, -0.05) is 0 Å². The molecule has 0 unspecified atom stereocenters. The predicted molar refractivity (Wildman–Crippen MR) is 116 cm³/mol. The Morgan fingerprint density at radius 1 is 1.03 bits per heavy atom. The predicted octanol–water partition coefficient (Wildman–Crippen LogP) is 4.02. The number of carbonyl (C=O) groups excluding carboxylic acids is 1. The van der Waals surface area contributed by atoms with Gasteiger partial charge < -0.3 is 10.1 Å². The Labute approximate surface area is 180 Å². The van der Waals surface area contributed by atoms with Gasteiger partial charge in [0.1, 0.15) is 22.6 Å². The lowest BCUT2D eigenvalue weighted by molar-refractivity contribution is 0.102. The molecule has 3 heterocycles. The Balaban J connectivity index is 1.29. The van der Waals surface area contributed by atoms with Gasteiger partial charge in [-0.3, -0.25) is 4.79 Å². The quantitative estimate of drug-likeness (QED) is 0.449. The van der Waals surface area contributed by atoms with Crippen LogP contribution in [0.2, 0.25) is 0 Å². The molecular weight excluding hydrogens is 414 g/mol. The average Bonchev–Trinajstić information content (AvgIpc) is 3.46. The third-order valence-corrected chi connectivity index (χ3v) is 4.95. The molecule has 0 aliphatic heterocycles. The van der Waals surface area contributed by atoms with Crippen LogP contribution in [-0.2, 0) is 0 Å². The van der Waals surface area contributed by atoms with Crippen LogP contribution in [0.4, 0.5) is 5.69 Å². The highest BCUT2D eigenvalue weighted by Crippen LogP contribution is 2.23. The summed E-state index contributed by atoms with van der Waals surface area (Å²) in [5.74, 6) is 1.94. The van der Waals surface area contributed by atoms with Gasteiger partial charge in [-0.2, -0.15) is 18.8 Å². The van der Waals surface area contributed by atoms with Gasteiger partial charge in [0.2, 0.25) is 5.88 Å². The van der Waals surface area contributed by atoms with Gasteiger partial charge in [0.15, 0.2) is 5.82 Å². The van der Waals surface area contributed by atoms with Crippen molar-refractivity contribution in [3.8, 4) is 17.4 Å². The second-order valence-electron chi connectivity index (χ2n) is 6.61. The lowest BCUT2D eigenvalue weighted by Crippen LogP contribution is -2.11. The summed E-state index contributed by atoms with van der Waals surface area (Å²) in [6.45, 7) is 1.79. The molecule has 10 heteroatoms. The van der Waals surface area contributed by atoms with Crippen LogP contribution in [0.1, 0.15) is 16.2 Å². The first-order valence-corrected chi connectivity index (χ1v) is 10.0.